The van der Waals surface area contributed by atoms with Gasteiger partial charge in [0.2, 0.25) is 0 Å². The minimum atomic E-state index is 0.105. The Balaban J connectivity index is 2.06. The monoisotopic (exact) mass is 325 g/mol. The first kappa shape index (κ1) is 14.0. The minimum Gasteiger partial charge on any atom is -0.487 e. The van der Waals surface area contributed by atoms with Gasteiger partial charge in [0.15, 0.2) is 0 Å². The van der Waals surface area contributed by atoms with Crippen LogP contribution in [-0.2, 0) is 13.0 Å². The summed E-state index contributed by atoms with van der Waals surface area (Å²) in [6.45, 7) is 4.15. The van der Waals surface area contributed by atoms with E-state index in [-0.39, 0.29) is 6.04 Å². The van der Waals surface area contributed by atoms with Crippen molar-refractivity contribution >= 4 is 15.9 Å². The van der Waals surface area contributed by atoms with Crippen molar-refractivity contribution in [2.45, 2.75) is 32.9 Å². The van der Waals surface area contributed by atoms with E-state index in [9.17, 15) is 0 Å². The van der Waals surface area contributed by atoms with Gasteiger partial charge in [-0.25, -0.2) is 4.63 Å². The highest BCUT2D eigenvalue weighted by Gasteiger charge is 2.08. The standard InChI is InChI=1S/C13H16BrN3O2/c1-8(15)5-10-6-11(3-4-12(10)14)18-7-13-9(2)16-19-17-13/h3-4,6,8H,5,7,15H2,1-2H3. The van der Waals surface area contributed by atoms with E-state index in [1.807, 2.05) is 32.0 Å². The maximum absolute atomic E-state index is 5.82. The molecular weight excluding hydrogens is 310 g/mol. The molecule has 5 nitrogen and oxygen atoms in total. The molecule has 0 spiro atoms. The van der Waals surface area contributed by atoms with Gasteiger partial charge in [-0.1, -0.05) is 26.2 Å². The number of halogens is 1. The Morgan fingerprint density at radius 3 is 2.84 bits per heavy atom. The molecule has 2 aromatic rings. The Labute approximate surface area is 120 Å². The molecule has 0 saturated heterocycles. The molecule has 0 radical (unpaired) electrons. The fraction of sp³-hybridized carbons (Fsp3) is 0.385. The Hall–Kier alpha value is -1.40. The fourth-order valence-corrected chi connectivity index (χ4v) is 2.08. The lowest BCUT2D eigenvalue weighted by atomic mass is 10.1. The van der Waals surface area contributed by atoms with E-state index in [1.54, 1.807) is 0 Å². The van der Waals surface area contributed by atoms with E-state index in [0.29, 0.717) is 12.3 Å². The molecule has 19 heavy (non-hydrogen) atoms. The quantitative estimate of drug-likeness (QED) is 0.914. The third kappa shape index (κ3) is 3.78. The van der Waals surface area contributed by atoms with Crippen LogP contribution in [0.5, 0.6) is 5.75 Å². The van der Waals surface area contributed by atoms with Crippen LogP contribution >= 0.6 is 15.9 Å². The first-order valence-electron chi connectivity index (χ1n) is 6.01. The summed E-state index contributed by atoms with van der Waals surface area (Å²) < 4.78 is 11.3. The summed E-state index contributed by atoms with van der Waals surface area (Å²) in [4.78, 5) is 0. The van der Waals surface area contributed by atoms with E-state index in [1.165, 1.54) is 0 Å². The zero-order valence-electron chi connectivity index (χ0n) is 10.9. The highest BCUT2D eigenvalue weighted by Crippen LogP contribution is 2.24. The van der Waals surface area contributed by atoms with E-state index in [4.69, 9.17) is 10.5 Å². The number of nitrogens with two attached hydrogens (primary N) is 1. The summed E-state index contributed by atoms with van der Waals surface area (Å²) in [7, 11) is 0. The average molecular weight is 326 g/mol. The molecule has 2 rings (SSSR count). The molecule has 1 aromatic heterocycles. The molecule has 102 valence electrons. The zero-order valence-corrected chi connectivity index (χ0v) is 12.5. The van der Waals surface area contributed by atoms with Gasteiger partial charge in [0.25, 0.3) is 0 Å². The molecule has 0 aliphatic heterocycles. The SMILES string of the molecule is Cc1nonc1COc1ccc(Br)c(CC(C)N)c1. The Bertz CT molecular complexity index is 555. The summed E-state index contributed by atoms with van der Waals surface area (Å²) in [5.41, 5.74) is 8.40. The lowest BCUT2D eigenvalue weighted by molar-refractivity contribution is 0.270. The predicted octanol–water partition coefficient (Wildman–Crippen LogP) is 2.61. The second-order valence-electron chi connectivity index (χ2n) is 4.52. The van der Waals surface area contributed by atoms with Crippen molar-refractivity contribution in [1.82, 2.24) is 10.3 Å². The van der Waals surface area contributed by atoms with Crippen LogP contribution in [0.25, 0.3) is 0 Å². The topological polar surface area (TPSA) is 74.2 Å². The zero-order chi connectivity index (χ0) is 13.8. The Morgan fingerprint density at radius 1 is 1.42 bits per heavy atom. The van der Waals surface area contributed by atoms with Gasteiger partial charge in [0.05, 0.1) is 0 Å². The first-order chi connectivity index (χ1) is 9.06. The van der Waals surface area contributed by atoms with Gasteiger partial charge < -0.3 is 10.5 Å². The second-order valence-corrected chi connectivity index (χ2v) is 5.37. The summed E-state index contributed by atoms with van der Waals surface area (Å²) in [5, 5.41) is 7.49. The molecule has 0 saturated carbocycles. The van der Waals surface area contributed by atoms with E-state index >= 15 is 0 Å². The van der Waals surface area contributed by atoms with Gasteiger partial charge in [-0.05, 0) is 44.0 Å². The van der Waals surface area contributed by atoms with Crippen LogP contribution in [-0.4, -0.2) is 16.4 Å². The van der Waals surface area contributed by atoms with Crippen molar-refractivity contribution in [3.8, 4) is 5.75 Å². The van der Waals surface area contributed by atoms with E-state index < -0.39 is 0 Å². The predicted molar refractivity (Wildman–Crippen MR) is 74.9 cm³/mol. The van der Waals surface area contributed by atoms with Crippen molar-refractivity contribution in [1.29, 1.82) is 0 Å². The van der Waals surface area contributed by atoms with Crippen molar-refractivity contribution in [3.05, 3.63) is 39.6 Å². The first-order valence-corrected chi connectivity index (χ1v) is 6.80. The number of ether oxygens (including phenoxy) is 1. The molecule has 6 heteroatoms. The molecular formula is C13H16BrN3O2. The summed E-state index contributed by atoms with van der Waals surface area (Å²) in [6.07, 6.45) is 0.794. The molecule has 0 bridgehead atoms. The lowest BCUT2D eigenvalue weighted by Gasteiger charge is -2.10. The normalized spacial score (nSPS) is 12.4. The van der Waals surface area contributed by atoms with Gasteiger partial charge in [-0.2, -0.15) is 0 Å². The molecule has 1 unspecified atom stereocenters. The summed E-state index contributed by atoms with van der Waals surface area (Å²) >= 11 is 3.51. The van der Waals surface area contributed by atoms with Crippen LogP contribution in [0.15, 0.2) is 27.3 Å². The molecule has 0 amide bonds. The third-order valence-corrected chi connectivity index (χ3v) is 3.45. The molecule has 2 N–H and O–H groups in total. The minimum absolute atomic E-state index is 0.105. The van der Waals surface area contributed by atoms with Gasteiger partial charge in [0, 0.05) is 10.5 Å². The number of nitrogens with zero attached hydrogens (tertiary/aromatic N) is 2. The maximum atomic E-state index is 5.82. The van der Waals surface area contributed by atoms with Crippen molar-refractivity contribution in [2.75, 3.05) is 0 Å². The van der Waals surface area contributed by atoms with Gasteiger partial charge in [-0.3, -0.25) is 0 Å². The largest absolute Gasteiger partial charge is 0.487 e. The van der Waals surface area contributed by atoms with Crippen LogP contribution < -0.4 is 10.5 Å². The molecule has 0 fully saturated rings. The van der Waals surface area contributed by atoms with Crippen LogP contribution in [0.4, 0.5) is 0 Å². The summed E-state index contributed by atoms with van der Waals surface area (Å²) in [6, 6.07) is 5.95. The summed E-state index contributed by atoms with van der Waals surface area (Å²) in [5.74, 6) is 0.779. The van der Waals surface area contributed by atoms with Crippen LogP contribution in [0.1, 0.15) is 23.9 Å². The van der Waals surface area contributed by atoms with Crippen molar-refractivity contribution in [3.63, 3.8) is 0 Å². The van der Waals surface area contributed by atoms with Crippen LogP contribution in [0, 0.1) is 6.92 Å². The maximum Gasteiger partial charge on any atom is 0.145 e. The number of hydrogen-bond acceptors (Lipinski definition) is 5. The second kappa shape index (κ2) is 6.16. The Morgan fingerprint density at radius 2 is 2.21 bits per heavy atom. The van der Waals surface area contributed by atoms with Gasteiger partial charge in [-0.15, -0.1) is 0 Å². The third-order valence-electron chi connectivity index (χ3n) is 2.68. The lowest BCUT2D eigenvalue weighted by Crippen LogP contribution is -2.18. The van der Waals surface area contributed by atoms with Gasteiger partial charge in [0.1, 0.15) is 23.7 Å². The highest BCUT2D eigenvalue weighted by atomic mass is 79.9. The number of hydrogen-bond donors (Lipinski definition) is 1. The van der Waals surface area contributed by atoms with Crippen molar-refractivity contribution in [2.24, 2.45) is 5.73 Å². The van der Waals surface area contributed by atoms with E-state index in [2.05, 4.69) is 30.9 Å². The average Bonchev–Trinajstić information content (AvgIpc) is 2.75. The number of benzene rings is 1. The smallest absolute Gasteiger partial charge is 0.145 e. The molecule has 1 aromatic carbocycles. The van der Waals surface area contributed by atoms with Crippen LogP contribution in [0.2, 0.25) is 0 Å². The van der Waals surface area contributed by atoms with Crippen LogP contribution in [0.3, 0.4) is 0 Å². The van der Waals surface area contributed by atoms with Gasteiger partial charge >= 0.3 is 0 Å². The number of aryl methyl sites for hydroxylation is 1. The highest BCUT2D eigenvalue weighted by molar-refractivity contribution is 9.10. The van der Waals surface area contributed by atoms with Crippen molar-refractivity contribution < 1.29 is 9.37 Å². The fourth-order valence-electron chi connectivity index (χ4n) is 1.68. The molecule has 1 atom stereocenters. The van der Waals surface area contributed by atoms with E-state index in [0.717, 1.165) is 27.9 Å². The number of rotatable bonds is 5. The Kier molecular flexibility index (Phi) is 4.55. The number of aromatic nitrogens is 2. The molecule has 1 heterocycles. The molecule has 0 aliphatic carbocycles. The molecule has 0 aliphatic rings.